The third-order valence-electron chi connectivity index (χ3n) is 4.86. The highest BCUT2D eigenvalue weighted by Gasteiger charge is 2.23. The van der Waals surface area contributed by atoms with Crippen LogP contribution in [0.15, 0.2) is 34.4 Å². The number of hydrogen-bond acceptors (Lipinski definition) is 6. The Kier molecular flexibility index (Phi) is 5.39. The fraction of sp³-hybridized carbons (Fsp3) is 0.300. The topological polar surface area (TPSA) is 67.5 Å². The minimum Gasteiger partial charge on any atom is -0.493 e. The second kappa shape index (κ2) is 7.95. The average molecular weight is 418 g/mol. The molecule has 0 saturated heterocycles. The lowest BCUT2D eigenvalue weighted by Gasteiger charge is -2.28. The maximum absolute atomic E-state index is 12.6. The van der Waals surface area contributed by atoms with E-state index in [1.165, 1.54) is 0 Å². The van der Waals surface area contributed by atoms with Crippen LogP contribution < -0.4 is 15.0 Å². The molecule has 0 fully saturated rings. The van der Waals surface area contributed by atoms with E-state index in [-0.39, 0.29) is 5.56 Å². The summed E-state index contributed by atoms with van der Waals surface area (Å²) in [6.07, 6.45) is 0.725. The van der Waals surface area contributed by atoms with Gasteiger partial charge in [-0.05, 0) is 23.1 Å². The van der Waals surface area contributed by atoms with Gasteiger partial charge in [0, 0.05) is 26.1 Å². The van der Waals surface area contributed by atoms with Crippen LogP contribution >= 0.6 is 22.9 Å². The van der Waals surface area contributed by atoms with E-state index in [0.29, 0.717) is 35.4 Å². The molecule has 2 aromatic heterocycles. The summed E-state index contributed by atoms with van der Waals surface area (Å²) in [5, 5.41) is 2.51. The first-order valence-corrected chi connectivity index (χ1v) is 10.1. The van der Waals surface area contributed by atoms with Gasteiger partial charge in [0.25, 0.3) is 5.56 Å². The number of hydrogen-bond donors (Lipinski definition) is 1. The molecule has 8 heteroatoms. The van der Waals surface area contributed by atoms with Crippen molar-refractivity contribution in [1.82, 2.24) is 14.9 Å². The van der Waals surface area contributed by atoms with Crippen LogP contribution in [0.2, 0.25) is 5.02 Å². The summed E-state index contributed by atoms with van der Waals surface area (Å²) < 4.78 is 10.7. The Balaban J connectivity index is 1.58. The molecule has 146 valence electrons. The molecular weight excluding hydrogens is 398 g/mol. The molecular formula is C20H20ClN3O3S. The highest BCUT2D eigenvalue weighted by atomic mass is 35.5. The molecule has 6 nitrogen and oxygen atoms in total. The minimum absolute atomic E-state index is 0.0727. The fourth-order valence-electron chi connectivity index (χ4n) is 3.44. The molecule has 0 spiro atoms. The van der Waals surface area contributed by atoms with Crippen molar-refractivity contribution in [3.63, 3.8) is 0 Å². The van der Waals surface area contributed by atoms with E-state index in [1.807, 2.05) is 29.6 Å². The first-order chi connectivity index (χ1) is 13.6. The number of aromatic amines is 1. The smallest absolute Gasteiger partial charge is 0.255 e. The van der Waals surface area contributed by atoms with E-state index in [9.17, 15) is 4.79 Å². The monoisotopic (exact) mass is 417 g/mol. The Bertz CT molecular complexity index is 1050. The van der Waals surface area contributed by atoms with Crippen molar-refractivity contribution in [2.75, 3.05) is 20.8 Å². The van der Waals surface area contributed by atoms with Gasteiger partial charge < -0.3 is 14.5 Å². The summed E-state index contributed by atoms with van der Waals surface area (Å²) in [5.41, 5.74) is 2.46. The first kappa shape index (κ1) is 19.0. The third-order valence-corrected chi connectivity index (χ3v) is 6.15. The van der Waals surface area contributed by atoms with E-state index in [0.717, 1.165) is 34.7 Å². The van der Waals surface area contributed by atoms with Crippen LogP contribution in [0.5, 0.6) is 11.5 Å². The van der Waals surface area contributed by atoms with Crippen LogP contribution in [-0.2, 0) is 19.5 Å². The Morgan fingerprint density at radius 3 is 2.86 bits per heavy atom. The molecule has 0 aliphatic carbocycles. The zero-order valence-corrected chi connectivity index (χ0v) is 17.2. The molecule has 0 saturated carbocycles. The van der Waals surface area contributed by atoms with Gasteiger partial charge in [-0.15, -0.1) is 11.3 Å². The van der Waals surface area contributed by atoms with E-state index in [4.69, 9.17) is 26.1 Å². The zero-order valence-electron chi connectivity index (χ0n) is 15.6. The molecule has 4 rings (SSSR count). The highest BCUT2D eigenvalue weighted by molar-refractivity contribution is 7.13. The number of fused-ring (bicyclic) bond motifs is 1. The van der Waals surface area contributed by atoms with Gasteiger partial charge >= 0.3 is 0 Å². The number of halogens is 1. The first-order valence-electron chi connectivity index (χ1n) is 8.88. The molecule has 0 unspecified atom stereocenters. The highest BCUT2D eigenvalue weighted by Crippen LogP contribution is 2.38. The maximum atomic E-state index is 12.6. The Labute approximate surface area is 171 Å². The van der Waals surface area contributed by atoms with Gasteiger partial charge in [-0.2, -0.15) is 0 Å². The molecule has 0 amide bonds. The summed E-state index contributed by atoms with van der Waals surface area (Å²) in [6, 6.07) is 7.69. The number of rotatable bonds is 5. The van der Waals surface area contributed by atoms with Crippen molar-refractivity contribution >= 4 is 22.9 Å². The van der Waals surface area contributed by atoms with Crippen LogP contribution in [0, 0.1) is 0 Å². The van der Waals surface area contributed by atoms with Crippen molar-refractivity contribution in [3.8, 4) is 22.2 Å². The molecule has 0 bridgehead atoms. The fourth-order valence-corrected chi connectivity index (χ4v) is 4.40. The Hall–Kier alpha value is -2.35. The molecule has 28 heavy (non-hydrogen) atoms. The molecule has 1 aliphatic rings. The summed E-state index contributed by atoms with van der Waals surface area (Å²) >= 11 is 8.08. The number of thiophene rings is 1. The number of H-pyrrole nitrogens is 1. The molecule has 1 aliphatic heterocycles. The number of nitrogens with one attached hydrogen (secondary N) is 1. The van der Waals surface area contributed by atoms with Gasteiger partial charge in [0.1, 0.15) is 0 Å². The van der Waals surface area contributed by atoms with E-state index >= 15 is 0 Å². The third kappa shape index (κ3) is 3.53. The minimum atomic E-state index is -0.0727. The van der Waals surface area contributed by atoms with E-state index in [1.54, 1.807) is 25.6 Å². The lowest BCUT2D eigenvalue weighted by atomic mass is 10.1. The van der Waals surface area contributed by atoms with Crippen LogP contribution in [0.4, 0.5) is 0 Å². The molecule has 0 atom stereocenters. The van der Waals surface area contributed by atoms with E-state index in [2.05, 4.69) is 9.88 Å². The van der Waals surface area contributed by atoms with Crippen molar-refractivity contribution in [1.29, 1.82) is 0 Å². The largest absolute Gasteiger partial charge is 0.493 e. The second-order valence-electron chi connectivity index (χ2n) is 6.55. The number of aromatic nitrogens is 2. The van der Waals surface area contributed by atoms with Gasteiger partial charge in [0.15, 0.2) is 17.3 Å². The van der Waals surface area contributed by atoms with Gasteiger partial charge in [0.05, 0.1) is 35.4 Å². The van der Waals surface area contributed by atoms with Gasteiger partial charge in [-0.3, -0.25) is 9.69 Å². The number of benzene rings is 1. The van der Waals surface area contributed by atoms with Crippen LogP contribution in [0.3, 0.4) is 0 Å². The normalized spacial score (nSPS) is 14.0. The molecule has 3 heterocycles. The van der Waals surface area contributed by atoms with Crippen molar-refractivity contribution in [2.45, 2.75) is 19.5 Å². The van der Waals surface area contributed by atoms with Crippen molar-refractivity contribution < 1.29 is 9.47 Å². The number of nitrogens with zero attached hydrogens (tertiary/aromatic N) is 2. The standard InChI is InChI=1S/C20H20ClN3O3S/c1-26-15-6-5-12(17(21)18(15)27-2)10-24-8-7-14-13(11-24)20(25)23-19(22-14)16-4-3-9-28-16/h3-6,9H,7-8,10-11H2,1-2H3,(H,22,23,25). The molecule has 1 N–H and O–H groups in total. The summed E-state index contributed by atoms with van der Waals surface area (Å²) in [4.78, 5) is 23.4. The van der Waals surface area contributed by atoms with Gasteiger partial charge in [-0.1, -0.05) is 23.7 Å². The predicted octanol–water partition coefficient (Wildman–Crippen LogP) is 3.73. The van der Waals surface area contributed by atoms with E-state index < -0.39 is 0 Å². The lowest BCUT2D eigenvalue weighted by Crippen LogP contribution is -2.35. The Morgan fingerprint density at radius 1 is 1.29 bits per heavy atom. The van der Waals surface area contributed by atoms with Gasteiger partial charge in [-0.25, -0.2) is 4.98 Å². The van der Waals surface area contributed by atoms with Crippen LogP contribution in [-0.4, -0.2) is 35.6 Å². The Morgan fingerprint density at radius 2 is 2.14 bits per heavy atom. The quantitative estimate of drug-likeness (QED) is 0.685. The van der Waals surface area contributed by atoms with Crippen LogP contribution in [0.25, 0.3) is 10.7 Å². The molecule has 1 aromatic carbocycles. The molecule has 3 aromatic rings. The number of methoxy groups -OCH3 is 2. The molecule has 0 radical (unpaired) electrons. The summed E-state index contributed by atoms with van der Waals surface area (Å²) in [7, 11) is 3.15. The number of ether oxygens (including phenoxy) is 2. The lowest BCUT2D eigenvalue weighted by molar-refractivity contribution is 0.241. The maximum Gasteiger partial charge on any atom is 0.255 e. The van der Waals surface area contributed by atoms with Crippen molar-refractivity contribution in [2.24, 2.45) is 0 Å². The summed E-state index contributed by atoms with van der Waals surface area (Å²) in [6.45, 7) is 1.95. The zero-order chi connectivity index (χ0) is 19.7. The van der Waals surface area contributed by atoms with Crippen LogP contribution in [0.1, 0.15) is 16.8 Å². The average Bonchev–Trinajstić information content (AvgIpc) is 3.24. The summed E-state index contributed by atoms with van der Waals surface area (Å²) in [5.74, 6) is 1.77. The van der Waals surface area contributed by atoms with Gasteiger partial charge in [0.2, 0.25) is 0 Å². The SMILES string of the molecule is COc1ccc(CN2CCc3nc(-c4cccs4)[nH]c(=O)c3C2)c(Cl)c1OC. The second-order valence-corrected chi connectivity index (χ2v) is 7.88. The van der Waals surface area contributed by atoms with Crippen molar-refractivity contribution in [3.05, 3.63) is 61.8 Å². The predicted molar refractivity (Wildman–Crippen MR) is 111 cm³/mol.